The number of rotatable bonds is 7. The minimum atomic E-state index is -0.998. The van der Waals surface area contributed by atoms with Crippen molar-refractivity contribution in [3.05, 3.63) is 60.2 Å². The number of nitriles is 1. The zero-order chi connectivity index (χ0) is 18.9. The number of carbonyl (C=O) groups excluding carboxylic acids is 2. The van der Waals surface area contributed by atoms with E-state index in [0.717, 1.165) is 0 Å². The number of nitrogens with one attached hydrogen (secondary N) is 1. The molecule has 0 aromatic heterocycles. The number of hydrogen-bond acceptors (Lipinski definition) is 5. The highest BCUT2D eigenvalue weighted by Crippen LogP contribution is 2.15. The summed E-state index contributed by atoms with van der Waals surface area (Å²) in [7, 11) is 0. The maximum Gasteiger partial charge on any atom is 0.348 e. The first-order valence-electron chi connectivity index (χ1n) is 8.26. The highest BCUT2D eigenvalue weighted by Gasteiger charge is 2.25. The molecule has 0 saturated heterocycles. The first-order valence-corrected chi connectivity index (χ1v) is 8.26. The van der Waals surface area contributed by atoms with E-state index in [2.05, 4.69) is 5.32 Å². The summed E-state index contributed by atoms with van der Waals surface area (Å²) in [5.74, 6) is -0.533. The highest BCUT2D eigenvalue weighted by atomic mass is 16.6. The van der Waals surface area contributed by atoms with Crippen LogP contribution in [-0.2, 0) is 14.3 Å². The van der Waals surface area contributed by atoms with Gasteiger partial charge < -0.3 is 14.8 Å². The molecule has 26 heavy (non-hydrogen) atoms. The molecule has 6 nitrogen and oxygen atoms in total. The largest absolute Gasteiger partial charge is 0.479 e. The lowest BCUT2D eigenvalue weighted by molar-refractivity contribution is -0.160. The van der Waals surface area contributed by atoms with Crippen molar-refractivity contribution < 1.29 is 19.1 Å². The molecule has 0 fully saturated rings. The Bertz CT molecular complexity index is 799. The van der Waals surface area contributed by atoms with Crippen LogP contribution < -0.4 is 10.1 Å². The smallest absolute Gasteiger partial charge is 0.348 e. The number of esters is 1. The summed E-state index contributed by atoms with van der Waals surface area (Å²) in [6.07, 6.45) is -1.39. The van der Waals surface area contributed by atoms with Crippen LogP contribution in [0.1, 0.15) is 25.8 Å². The normalized spacial score (nSPS) is 12.3. The van der Waals surface area contributed by atoms with Crippen molar-refractivity contribution in [1.82, 2.24) is 0 Å². The van der Waals surface area contributed by atoms with Gasteiger partial charge in [0.15, 0.2) is 12.2 Å². The van der Waals surface area contributed by atoms with E-state index < -0.39 is 24.1 Å². The molecule has 0 saturated carbocycles. The van der Waals surface area contributed by atoms with E-state index in [1.807, 2.05) is 12.1 Å². The molecule has 2 aromatic rings. The third-order valence-corrected chi connectivity index (χ3v) is 3.58. The Morgan fingerprint density at radius 2 is 1.88 bits per heavy atom. The quantitative estimate of drug-likeness (QED) is 0.773. The summed E-state index contributed by atoms with van der Waals surface area (Å²) in [6, 6.07) is 17.4. The van der Waals surface area contributed by atoms with Gasteiger partial charge in [0.25, 0.3) is 5.91 Å². The van der Waals surface area contributed by atoms with Crippen molar-refractivity contribution in [2.75, 3.05) is 5.32 Å². The molecule has 0 heterocycles. The Kier molecular flexibility index (Phi) is 6.75. The third kappa shape index (κ3) is 5.35. The van der Waals surface area contributed by atoms with Crippen molar-refractivity contribution in [2.45, 2.75) is 32.5 Å². The van der Waals surface area contributed by atoms with Crippen LogP contribution in [0.15, 0.2) is 54.6 Å². The standard InChI is InChI=1S/C20H20N2O4/c1-3-18(26-17-10-5-4-6-11-17)20(24)25-14(2)19(23)22-16-9-7-8-15(12-16)13-21/h4-12,14,18H,3H2,1-2H3,(H,22,23)/t14-,18-/m1/s1. The average molecular weight is 352 g/mol. The van der Waals surface area contributed by atoms with Gasteiger partial charge in [-0.05, 0) is 43.7 Å². The monoisotopic (exact) mass is 352 g/mol. The van der Waals surface area contributed by atoms with Gasteiger partial charge in [-0.25, -0.2) is 4.79 Å². The lowest BCUT2D eigenvalue weighted by Crippen LogP contribution is -2.36. The van der Waals surface area contributed by atoms with E-state index in [0.29, 0.717) is 23.4 Å². The fraction of sp³-hybridized carbons (Fsp3) is 0.250. The molecule has 2 rings (SSSR count). The Hall–Kier alpha value is -3.33. The number of benzene rings is 2. The molecular formula is C20H20N2O4. The van der Waals surface area contributed by atoms with E-state index in [-0.39, 0.29) is 0 Å². The van der Waals surface area contributed by atoms with Crippen molar-refractivity contribution in [3.8, 4) is 11.8 Å². The molecule has 0 spiro atoms. The predicted octanol–water partition coefficient (Wildman–Crippen LogP) is 3.29. The van der Waals surface area contributed by atoms with E-state index in [9.17, 15) is 9.59 Å². The molecule has 0 aliphatic heterocycles. The van der Waals surface area contributed by atoms with Crippen LogP contribution in [0.5, 0.6) is 5.75 Å². The SMILES string of the molecule is CC[C@@H](Oc1ccccc1)C(=O)O[C@H](C)C(=O)Nc1cccc(C#N)c1. The van der Waals surface area contributed by atoms with Crippen LogP contribution in [-0.4, -0.2) is 24.1 Å². The molecule has 0 bridgehead atoms. The number of nitrogens with zero attached hydrogens (tertiary/aromatic N) is 1. The Balaban J connectivity index is 1.93. The maximum atomic E-state index is 12.3. The molecule has 1 N–H and O–H groups in total. The van der Waals surface area contributed by atoms with Crippen LogP contribution in [0.2, 0.25) is 0 Å². The number of carbonyl (C=O) groups is 2. The van der Waals surface area contributed by atoms with Crippen molar-refractivity contribution in [1.29, 1.82) is 5.26 Å². The topological polar surface area (TPSA) is 88.4 Å². The lowest BCUT2D eigenvalue weighted by Gasteiger charge is -2.19. The van der Waals surface area contributed by atoms with Crippen LogP contribution in [0.25, 0.3) is 0 Å². The summed E-state index contributed by atoms with van der Waals surface area (Å²) in [5, 5.41) is 11.5. The van der Waals surface area contributed by atoms with Gasteiger partial charge in [-0.3, -0.25) is 4.79 Å². The fourth-order valence-corrected chi connectivity index (χ4v) is 2.18. The second-order valence-electron chi connectivity index (χ2n) is 5.59. The number of para-hydroxylation sites is 1. The molecule has 0 aliphatic carbocycles. The van der Waals surface area contributed by atoms with Gasteiger partial charge in [0.2, 0.25) is 0 Å². The predicted molar refractivity (Wildman–Crippen MR) is 96.5 cm³/mol. The number of amides is 1. The molecule has 0 radical (unpaired) electrons. The third-order valence-electron chi connectivity index (χ3n) is 3.58. The first kappa shape index (κ1) is 19.0. The molecule has 134 valence electrons. The summed E-state index contributed by atoms with van der Waals surface area (Å²) < 4.78 is 10.8. The number of hydrogen-bond donors (Lipinski definition) is 1. The zero-order valence-corrected chi connectivity index (χ0v) is 14.6. The van der Waals surface area contributed by atoms with E-state index in [1.165, 1.54) is 6.92 Å². The summed E-state index contributed by atoms with van der Waals surface area (Å²) in [4.78, 5) is 24.5. The van der Waals surface area contributed by atoms with Gasteiger partial charge in [0.05, 0.1) is 11.6 Å². The van der Waals surface area contributed by atoms with Gasteiger partial charge in [-0.15, -0.1) is 0 Å². The van der Waals surface area contributed by atoms with Gasteiger partial charge in [-0.2, -0.15) is 5.26 Å². The zero-order valence-electron chi connectivity index (χ0n) is 14.6. The molecular weight excluding hydrogens is 332 g/mol. The van der Waals surface area contributed by atoms with E-state index in [1.54, 1.807) is 55.5 Å². The van der Waals surface area contributed by atoms with Gasteiger partial charge >= 0.3 is 5.97 Å². The van der Waals surface area contributed by atoms with Crippen molar-refractivity contribution in [2.24, 2.45) is 0 Å². The van der Waals surface area contributed by atoms with Gasteiger partial charge in [-0.1, -0.05) is 31.2 Å². The second kappa shape index (κ2) is 9.23. The Morgan fingerprint density at radius 3 is 2.54 bits per heavy atom. The second-order valence-corrected chi connectivity index (χ2v) is 5.59. The summed E-state index contributed by atoms with van der Waals surface area (Å²) in [5.41, 5.74) is 0.888. The van der Waals surface area contributed by atoms with Crippen LogP contribution >= 0.6 is 0 Å². The van der Waals surface area contributed by atoms with Gasteiger partial charge in [0, 0.05) is 5.69 Å². The minimum Gasteiger partial charge on any atom is -0.479 e. The highest BCUT2D eigenvalue weighted by molar-refractivity contribution is 5.95. The van der Waals surface area contributed by atoms with Crippen LogP contribution in [0.4, 0.5) is 5.69 Å². The van der Waals surface area contributed by atoms with Crippen molar-refractivity contribution in [3.63, 3.8) is 0 Å². The van der Waals surface area contributed by atoms with Crippen LogP contribution in [0.3, 0.4) is 0 Å². The van der Waals surface area contributed by atoms with Crippen LogP contribution in [0, 0.1) is 11.3 Å². The Labute approximate surface area is 152 Å². The van der Waals surface area contributed by atoms with E-state index >= 15 is 0 Å². The van der Waals surface area contributed by atoms with Crippen molar-refractivity contribution >= 4 is 17.6 Å². The summed E-state index contributed by atoms with van der Waals surface area (Å²) in [6.45, 7) is 3.28. The Morgan fingerprint density at radius 1 is 1.15 bits per heavy atom. The summed E-state index contributed by atoms with van der Waals surface area (Å²) >= 11 is 0. The average Bonchev–Trinajstić information content (AvgIpc) is 2.66. The molecule has 0 aliphatic rings. The number of ether oxygens (including phenoxy) is 2. The van der Waals surface area contributed by atoms with Gasteiger partial charge in [0.1, 0.15) is 5.75 Å². The molecule has 2 atom stereocenters. The molecule has 6 heteroatoms. The van der Waals surface area contributed by atoms with E-state index in [4.69, 9.17) is 14.7 Å². The lowest BCUT2D eigenvalue weighted by atomic mass is 10.2. The first-order chi connectivity index (χ1) is 12.5. The molecule has 1 amide bonds. The minimum absolute atomic E-state index is 0.409. The number of anilines is 1. The molecule has 0 unspecified atom stereocenters. The molecule has 2 aromatic carbocycles. The maximum absolute atomic E-state index is 12.3. The fourth-order valence-electron chi connectivity index (χ4n) is 2.18.